The number of nitrogens with one attached hydrogen (secondary N) is 1. The summed E-state index contributed by atoms with van der Waals surface area (Å²) < 4.78 is 39.0. The number of halogens is 4. The highest BCUT2D eigenvalue weighted by atomic mass is 19.5. The molecule has 0 saturated carbocycles. The summed E-state index contributed by atoms with van der Waals surface area (Å²) >= 11 is 0. The molecule has 0 atom stereocenters. The van der Waals surface area contributed by atoms with Crippen LogP contribution >= 0.6 is 0 Å². The van der Waals surface area contributed by atoms with E-state index in [1.807, 2.05) is 0 Å². The fraction of sp³-hybridized carbons (Fsp3) is 0. The van der Waals surface area contributed by atoms with Gasteiger partial charge in [-0.3, -0.25) is 4.98 Å². The van der Waals surface area contributed by atoms with Crippen LogP contribution in [0.4, 0.5) is 23.2 Å². The van der Waals surface area contributed by atoms with Crippen LogP contribution in [0.1, 0.15) is 0 Å². The molecular weight excluding hydrogens is 179 g/mol. The third-order valence-electron chi connectivity index (χ3n) is 0.543. The van der Waals surface area contributed by atoms with Gasteiger partial charge in [0.25, 0.3) is 0 Å². The Kier molecular flexibility index (Phi) is 3.95. The second-order valence-electron chi connectivity index (χ2n) is 1.54. The van der Waals surface area contributed by atoms with Gasteiger partial charge < -0.3 is 23.0 Å². The van der Waals surface area contributed by atoms with Crippen LogP contribution in [0.2, 0.25) is 0 Å². The fourth-order valence-corrected chi connectivity index (χ4v) is 0.273. The van der Waals surface area contributed by atoms with E-state index in [9.17, 15) is 17.3 Å². The first-order chi connectivity index (χ1) is 5.39. The zero-order chi connectivity index (χ0) is 9.61. The molecule has 0 aliphatic rings. The summed E-state index contributed by atoms with van der Waals surface area (Å²) in [4.78, 5) is 9.81. The van der Waals surface area contributed by atoms with Gasteiger partial charge in [0.1, 0.15) is 0 Å². The maximum absolute atomic E-state index is 9.75. The van der Waals surface area contributed by atoms with Crippen LogP contribution in [0.3, 0.4) is 0 Å². The molecule has 0 spiro atoms. The van der Waals surface area contributed by atoms with E-state index in [1.165, 1.54) is 12.7 Å². The summed E-state index contributed by atoms with van der Waals surface area (Å²) in [6.07, 6.45) is 2.95. The number of hydrogen-bond acceptors (Lipinski definition) is 3. The molecule has 1 rings (SSSR count). The van der Waals surface area contributed by atoms with Crippen molar-refractivity contribution in [1.29, 1.82) is 0 Å². The van der Waals surface area contributed by atoms with Gasteiger partial charge >= 0.3 is 13.2 Å². The first-order valence-electron chi connectivity index (χ1n) is 2.70. The number of nitrogen functional groups attached to an aromatic ring is 1. The summed E-state index contributed by atoms with van der Waals surface area (Å²) in [5.41, 5.74) is 5.12. The van der Waals surface area contributed by atoms with Crippen molar-refractivity contribution in [2.45, 2.75) is 0 Å². The summed E-state index contributed by atoms with van der Waals surface area (Å²) in [6, 6.07) is 0. The zero-order valence-corrected chi connectivity index (χ0v) is 5.72. The predicted octanol–water partition coefficient (Wildman–Crippen LogP) is 0.173. The number of nitrogens with zero attached hydrogens (tertiary/aromatic N) is 2. The largest absolute Gasteiger partial charge is 0.673 e. The summed E-state index contributed by atoms with van der Waals surface area (Å²) in [7, 11) is -6.00. The van der Waals surface area contributed by atoms with E-state index >= 15 is 0 Å². The summed E-state index contributed by atoms with van der Waals surface area (Å²) in [5.74, 6) is 0.291. The molecule has 68 valence electrons. The number of H-pyrrole nitrogens is 1. The second-order valence-corrected chi connectivity index (χ2v) is 1.54. The molecule has 0 radical (unpaired) electrons. The van der Waals surface area contributed by atoms with Crippen molar-refractivity contribution in [1.82, 2.24) is 9.97 Å². The number of anilines is 1. The van der Waals surface area contributed by atoms with Gasteiger partial charge in [-0.25, -0.2) is 0 Å². The molecule has 0 aromatic carbocycles. The lowest BCUT2D eigenvalue weighted by Crippen LogP contribution is -2.05. The highest BCUT2D eigenvalue weighted by Crippen LogP contribution is 2.06. The van der Waals surface area contributed by atoms with Crippen LogP contribution in [0, 0.1) is 0 Å². The summed E-state index contributed by atoms with van der Waals surface area (Å²) in [6.45, 7) is 0. The van der Waals surface area contributed by atoms with Crippen molar-refractivity contribution in [2.75, 3.05) is 5.73 Å². The molecule has 0 amide bonds. The Morgan fingerprint density at radius 1 is 1.17 bits per heavy atom. The Balaban J connectivity index is 0.000000217. The van der Waals surface area contributed by atoms with Gasteiger partial charge in [-0.05, 0) is 0 Å². The van der Waals surface area contributed by atoms with E-state index in [0.717, 1.165) is 0 Å². The van der Waals surface area contributed by atoms with E-state index in [0.29, 0.717) is 5.95 Å². The minimum absolute atomic E-state index is 0.291. The second kappa shape index (κ2) is 4.47. The van der Waals surface area contributed by atoms with Crippen molar-refractivity contribution in [3.05, 3.63) is 12.7 Å². The smallest absolute Gasteiger partial charge is 0.418 e. The highest BCUT2D eigenvalue weighted by Gasteiger charge is 2.20. The van der Waals surface area contributed by atoms with Gasteiger partial charge in [-0.15, -0.1) is 0 Å². The van der Waals surface area contributed by atoms with Crippen molar-refractivity contribution in [2.24, 2.45) is 0 Å². The molecule has 1 aromatic heterocycles. The van der Waals surface area contributed by atoms with Crippen molar-refractivity contribution in [3.63, 3.8) is 0 Å². The van der Waals surface area contributed by atoms with Gasteiger partial charge in [0.15, 0.2) is 0 Å². The number of nitrogens with two attached hydrogens (primary N) is 1. The van der Waals surface area contributed by atoms with E-state index in [1.54, 1.807) is 0 Å². The molecule has 3 N–H and O–H groups in total. The maximum atomic E-state index is 9.75. The van der Waals surface area contributed by atoms with E-state index in [-0.39, 0.29) is 0 Å². The van der Waals surface area contributed by atoms with Crippen LogP contribution in [-0.2, 0) is 0 Å². The molecule has 0 aliphatic carbocycles. The highest BCUT2D eigenvalue weighted by molar-refractivity contribution is 6.50. The first kappa shape index (κ1) is 10.6. The van der Waals surface area contributed by atoms with Crippen molar-refractivity contribution < 1.29 is 22.2 Å². The third-order valence-corrected chi connectivity index (χ3v) is 0.543. The number of aromatic amines is 1. The van der Waals surface area contributed by atoms with Gasteiger partial charge in [0.05, 0.1) is 0 Å². The Labute approximate surface area is 65.0 Å². The van der Waals surface area contributed by atoms with E-state index in [2.05, 4.69) is 15.0 Å². The first-order valence-corrected chi connectivity index (χ1v) is 2.70. The monoisotopic (exact) mass is 184 g/mol. The topological polar surface area (TPSA) is 65.9 Å². The average Bonchev–Trinajstić information content (AvgIpc) is 1.85. The van der Waals surface area contributed by atoms with Gasteiger partial charge in [-0.1, -0.05) is 9.97 Å². The van der Waals surface area contributed by atoms with Crippen molar-refractivity contribution in [3.8, 4) is 0 Å². The zero-order valence-electron chi connectivity index (χ0n) is 5.72. The standard InChI is InChI=1S/C3H4N4.BF4/c4-3-6-1-5-2-7-3;2-1(3,4)5/h1-2H,(H2,4,5,6,7);/q;-1/p+1. The van der Waals surface area contributed by atoms with Gasteiger partial charge in [0, 0.05) is 0 Å². The minimum atomic E-state index is -6.00. The van der Waals surface area contributed by atoms with Gasteiger partial charge in [0.2, 0.25) is 12.7 Å². The molecule has 1 aromatic rings. The fourth-order valence-electron chi connectivity index (χ4n) is 0.273. The number of rotatable bonds is 0. The summed E-state index contributed by atoms with van der Waals surface area (Å²) in [5, 5.41) is 0. The minimum Gasteiger partial charge on any atom is -0.418 e. The molecule has 1 heterocycles. The normalized spacial score (nSPS) is 10.0. The lowest BCUT2D eigenvalue weighted by Gasteiger charge is -1.94. The maximum Gasteiger partial charge on any atom is 0.673 e. The lowest BCUT2D eigenvalue weighted by molar-refractivity contribution is -0.387. The van der Waals surface area contributed by atoms with Crippen LogP contribution in [0.15, 0.2) is 12.7 Å². The SMILES string of the molecule is F[B-](F)(F)F.Nc1nc[nH+]cn1. The van der Waals surface area contributed by atoms with E-state index in [4.69, 9.17) is 5.73 Å². The molecule has 0 bridgehead atoms. The Morgan fingerprint density at radius 2 is 1.50 bits per heavy atom. The van der Waals surface area contributed by atoms with Crippen LogP contribution in [0.25, 0.3) is 0 Å². The van der Waals surface area contributed by atoms with Crippen LogP contribution in [-0.4, -0.2) is 17.2 Å². The van der Waals surface area contributed by atoms with E-state index < -0.39 is 7.25 Å². The van der Waals surface area contributed by atoms with Crippen molar-refractivity contribution >= 4 is 13.2 Å². The number of aromatic nitrogens is 3. The lowest BCUT2D eigenvalue weighted by atomic mass is 10.3. The van der Waals surface area contributed by atoms with Gasteiger partial charge in [-0.2, -0.15) is 0 Å². The van der Waals surface area contributed by atoms with Crippen LogP contribution < -0.4 is 10.7 Å². The quantitative estimate of drug-likeness (QED) is 0.461. The Hall–Kier alpha value is -1.41. The molecule has 12 heavy (non-hydrogen) atoms. The molecule has 4 nitrogen and oxygen atoms in total. The molecule has 0 unspecified atom stereocenters. The Bertz CT molecular complexity index is 207. The molecule has 0 saturated heterocycles. The van der Waals surface area contributed by atoms with Crippen LogP contribution in [0.5, 0.6) is 0 Å². The molecule has 0 aliphatic heterocycles. The predicted molar refractivity (Wildman–Crippen MR) is 33.2 cm³/mol. The Morgan fingerprint density at radius 3 is 1.67 bits per heavy atom. The molecule has 9 heteroatoms. The number of hydrogen-bond donors (Lipinski definition) is 1. The molecule has 0 fully saturated rings. The molecular formula is C3H5BF4N4. The third kappa shape index (κ3) is 11.4. The average molecular weight is 184 g/mol.